The van der Waals surface area contributed by atoms with Gasteiger partial charge in [0.25, 0.3) is 11.8 Å². The maximum Gasteiger partial charge on any atom is 0.253 e. The highest BCUT2D eigenvalue weighted by atomic mass is 19.1. The van der Waals surface area contributed by atoms with Crippen molar-refractivity contribution in [1.29, 1.82) is 0 Å². The molecule has 4 heterocycles. The van der Waals surface area contributed by atoms with Crippen molar-refractivity contribution in [3.8, 4) is 0 Å². The number of imide groups is 2. The zero-order valence-corrected chi connectivity index (χ0v) is 23.6. The van der Waals surface area contributed by atoms with Gasteiger partial charge >= 0.3 is 0 Å². The van der Waals surface area contributed by atoms with Gasteiger partial charge in [0.1, 0.15) is 35.4 Å². The molecule has 4 aliphatic rings. The molecule has 46 heavy (non-hydrogen) atoms. The molecule has 0 N–H and O–H groups in total. The lowest BCUT2D eigenvalue weighted by atomic mass is 9.84. The van der Waals surface area contributed by atoms with E-state index in [1.54, 1.807) is 10.0 Å². The van der Waals surface area contributed by atoms with Crippen LogP contribution in [0.15, 0.2) is 97.1 Å². The number of amides is 4. The number of anilines is 2. The third-order valence-electron chi connectivity index (χ3n) is 9.28. The molecule has 8 nitrogen and oxygen atoms in total. The smallest absolute Gasteiger partial charge is 0.253 e. The van der Waals surface area contributed by atoms with Gasteiger partial charge in [0.15, 0.2) is 0 Å². The number of benzene rings is 4. The summed E-state index contributed by atoms with van der Waals surface area (Å²) in [5.74, 6) is -7.51. The summed E-state index contributed by atoms with van der Waals surface area (Å²) in [5.41, 5.74) is 0.806. The first-order chi connectivity index (χ1) is 22.2. The molecular weight excluding hydrogens is 604 g/mol. The van der Waals surface area contributed by atoms with Gasteiger partial charge in [-0.2, -0.15) is 0 Å². The Labute approximate surface area is 259 Å². The van der Waals surface area contributed by atoms with Crippen LogP contribution in [0.1, 0.15) is 23.2 Å². The van der Waals surface area contributed by atoms with Crippen molar-refractivity contribution >= 4 is 35.0 Å². The first kappa shape index (κ1) is 28.3. The average molecular weight is 627 g/mol. The van der Waals surface area contributed by atoms with Crippen LogP contribution in [-0.2, 0) is 19.2 Å². The fourth-order valence-electron chi connectivity index (χ4n) is 7.56. The Balaban J connectivity index is 1.33. The van der Waals surface area contributed by atoms with E-state index in [0.717, 1.165) is 21.9 Å². The summed E-state index contributed by atoms with van der Waals surface area (Å²) in [4.78, 5) is 58.9. The van der Waals surface area contributed by atoms with Crippen LogP contribution in [0.3, 0.4) is 0 Å². The van der Waals surface area contributed by atoms with Crippen molar-refractivity contribution in [2.24, 2.45) is 11.8 Å². The third-order valence-corrected chi connectivity index (χ3v) is 9.28. The number of rotatable bonds is 4. The highest BCUT2D eigenvalue weighted by Gasteiger charge is 2.73. The van der Waals surface area contributed by atoms with Crippen LogP contribution in [0.25, 0.3) is 0 Å². The molecule has 0 bridgehead atoms. The lowest BCUT2D eigenvalue weighted by Crippen LogP contribution is -2.50. The molecule has 6 atom stereocenters. The number of carbonyl (C=O) groups is 4. The molecule has 0 aromatic heterocycles. The standard InChI is InChI=1S/C34H22F4N4O4/c35-19-11-7-17(8-12-19)27-25-29(33(45)39(31(25)43)23-5-1-3-21(37)15-23)41-28(18-9-13-20(36)14-10-18)26-30(42(27)41)34(46)40(32(26)44)24-6-2-4-22(38)16-24/h1-16,25-30H/t25-,26-,27-,28+,29+,30-/m0/s1. The van der Waals surface area contributed by atoms with Crippen molar-refractivity contribution in [2.75, 3.05) is 9.80 Å². The summed E-state index contributed by atoms with van der Waals surface area (Å²) >= 11 is 0. The minimum absolute atomic E-state index is 0.0101. The number of carbonyl (C=O) groups excluding carboxylic acids is 4. The third kappa shape index (κ3) is 3.93. The SMILES string of the molecule is O=C1[C@@H]2[C@@H](C(=O)N1c1cccc(F)c1)N1[C@@H](c3ccc(F)cc3)[C@@H]3C(=O)N(c4cccc(F)c4)C(=O)[C@@H]3N1[C@@H]2c1ccc(F)cc1. The molecule has 8 rings (SSSR count). The van der Waals surface area contributed by atoms with Crippen molar-refractivity contribution in [3.05, 3.63) is 131 Å². The Kier molecular flexibility index (Phi) is 6.25. The molecule has 0 unspecified atom stereocenters. The number of hydrazine groups is 1. The topological polar surface area (TPSA) is 81.2 Å². The molecule has 0 aliphatic carbocycles. The molecule has 4 aromatic rings. The molecule has 0 spiro atoms. The summed E-state index contributed by atoms with van der Waals surface area (Å²) < 4.78 is 56.8. The van der Waals surface area contributed by atoms with E-state index < -0.39 is 82.9 Å². The second-order valence-corrected chi connectivity index (χ2v) is 11.7. The van der Waals surface area contributed by atoms with Crippen LogP contribution in [0.5, 0.6) is 0 Å². The van der Waals surface area contributed by atoms with Crippen molar-refractivity contribution in [2.45, 2.75) is 24.2 Å². The van der Waals surface area contributed by atoms with Gasteiger partial charge in [-0.25, -0.2) is 37.4 Å². The number of hydrogen-bond acceptors (Lipinski definition) is 6. The van der Waals surface area contributed by atoms with Crippen LogP contribution in [0.2, 0.25) is 0 Å². The lowest BCUT2D eigenvalue weighted by Gasteiger charge is -2.35. The fourth-order valence-corrected chi connectivity index (χ4v) is 7.56. The number of halogens is 4. The van der Waals surface area contributed by atoms with Gasteiger partial charge in [-0.05, 0) is 71.8 Å². The van der Waals surface area contributed by atoms with Crippen molar-refractivity contribution < 1.29 is 36.7 Å². The number of hydrogen-bond donors (Lipinski definition) is 0. The lowest BCUT2D eigenvalue weighted by molar-refractivity contribution is -0.136. The minimum Gasteiger partial charge on any atom is -0.274 e. The van der Waals surface area contributed by atoms with Gasteiger partial charge in [0.2, 0.25) is 11.8 Å². The molecule has 4 aromatic carbocycles. The van der Waals surface area contributed by atoms with Crippen LogP contribution < -0.4 is 9.80 Å². The Morgan fingerprint density at radius 2 is 0.783 bits per heavy atom. The molecule has 4 fully saturated rings. The number of nitrogens with zero attached hydrogens (tertiary/aromatic N) is 4. The Hall–Kier alpha value is -5.20. The van der Waals surface area contributed by atoms with E-state index in [4.69, 9.17) is 0 Å². The van der Waals surface area contributed by atoms with E-state index in [1.165, 1.54) is 84.9 Å². The van der Waals surface area contributed by atoms with Crippen LogP contribution >= 0.6 is 0 Å². The molecule has 12 heteroatoms. The molecule has 0 radical (unpaired) electrons. The second-order valence-electron chi connectivity index (χ2n) is 11.7. The normalized spacial score (nSPS) is 27.5. The molecule has 0 saturated carbocycles. The van der Waals surface area contributed by atoms with Crippen LogP contribution in [-0.4, -0.2) is 45.7 Å². The molecule has 4 amide bonds. The quantitative estimate of drug-likeness (QED) is 0.242. The summed E-state index contributed by atoms with van der Waals surface area (Å²) in [7, 11) is 0. The maximum absolute atomic E-state index is 14.3. The first-order valence-electron chi connectivity index (χ1n) is 14.5. The predicted molar refractivity (Wildman–Crippen MR) is 154 cm³/mol. The van der Waals surface area contributed by atoms with Gasteiger partial charge in [0.05, 0.1) is 35.3 Å². The second kappa shape index (κ2) is 10.2. The molecular formula is C34H22F4N4O4. The zero-order valence-electron chi connectivity index (χ0n) is 23.6. The van der Waals surface area contributed by atoms with E-state index in [9.17, 15) is 36.7 Å². The van der Waals surface area contributed by atoms with Gasteiger partial charge in [-0.15, -0.1) is 0 Å². The monoisotopic (exact) mass is 626 g/mol. The Morgan fingerprint density at radius 3 is 1.13 bits per heavy atom. The van der Waals surface area contributed by atoms with Crippen molar-refractivity contribution in [1.82, 2.24) is 10.0 Å². The summed E-state index contributed by atoms with van der Waals surface area (Å²) in [5, 5.41) is 3.08. The summed E-state index contributed by atoms with van der Waals surface area (Å²) in [6, 6.07) is 15.9. The summed E-state index contributed by atoms with van der Waals surface area (Å²) in [6.07, 6.45) is 0. The van der Waals surface area contributed by atoms with E-state index in [1.807, 2.05) is 0 Å². The predicted octanol–water partition coefficient (Wildman–Crippen LogP) is 4.69. The first-order valence-corrected chi connectivity index (χ1v) is 14.5. The largest absolute Gasteiger partial charge is 0.274 e. The molecule has 4 saturated heterocycles. The van der Waals surface area contributed by atoms with Gasteiger partial charge in [-0.3, -0.25) is 19.2 Å². The Bertz CT molecular complexity index is 1810. The van der Waals surface area contributed by atoms with Crippen LogP contribution in [0.4, 0.5) is 28.9 Å². The Morgan fingerprint density at radius 1 is 0.413 bits per heavy atom. The van der Waals surface area contributed by atoms with E-state index in [-0.39, 0.29) is 11.4 Å². The molecule has 230 valence electrons. The van der Waals surface area contributed by atoms with Gasteiger partial charge < -0.3 is 0 Å². The van der Waals surface area contributed by atoms with Gasteiger partial charge in [-0.1, -0.05) is 36.4 Å². The maximum atomic E-state index is 14.3. The van der Waals surface area contributed by atoms with E-state index in [2.05, 4.69) is 0 Å². The van der Waals surface area contributed by atoms with E-state index >= 15 is 0 Å². The van der Waals surface area contributed by atoms with Crippen molar-refractivity contribution in [3.63, 3.8) is 0 Å². The van der Waals surface area contributed by atoms with E-state index in [0.29, 0.717) is 11.1 Å². The fraction of sp³-hybridized carbons (Fsp3) is 0.176. The van der Waals surface area contributed by atoms with Gasteiger partial charge in [0, 0.05) is 0 Å². The highest BCUT2D eigenvalue weighted by Crippen LogP contribution is 2.59. The minimum atomic E-state index is -1.25. The molecule has 4 aliphatic heterocycles. The van der Waals surface area contributed by atoms with Crippen LogP contribution in [0, 0.1) is 35.1 Å². The summed E-state index contributed by atoms with van der Waals surface area (Å²) in [6.45, 7) is 0. The zero-order chi connectivity index (χ0) is 32.0. The number of fused-ring (bicyclic) bond motifs is 5. The average Bonchev–Trinajstić information content (AvgIpc) is 3.69. The highest BCUT2D eigenvalue weighted by molar-refractivity contribution is 6.26.